The second-order valence-corrected chi connectivity index (χ2v) is 4.24. The normalized spacial score (nSPS) is 26.8. The van der Waals surface area contributed by atoms with Gasteiger partial charge in [-0.25, -0.2) is 0 Å². The second-order valence-electron chi connectivity index (χ2n) is 4.24. The van der Waals surface area contributed by atoms with Gasteiger partial charge in [-0.2, -0.15) is 0 Å². The summed E-state index contributed by atoms with van der Waals surface area (Å²) in [4.78, 5) is 13.5. The summed E-state index contributed by atoms with van der Waals surface area (Å²) in [6.07, 6.45) is 8.15. The van der Waals surface area contributed by atoms with Gasteiger partial charge in [0.05, 0.1) is 0 Å². The molecule has 2 nitrogen and oxygen atoms in total. The fourth-order valence-electron chi connectivity index (χ4n) is 2.78. The summed E-state index contributed by atoms with van der Waals surface area (Å²) in [6.45, 7) is 4.99. The van der Waals surface area contributed by atoms with Gasteiger partial charge in [0.1, 0.15) is 5.78 Å². The van der Waals surface area contributed by atoms with Gasteiger partial charge in [-0.15, -0.1) is 0 Å². The number of nitrogens with zero attached hydrogens (tertiary/aromatic N) is 1. The smallest absolute Gasteiger partial charge is 0.133 e. The number of hydrogen-bond donors (Lipinski definition) is 0. The summed E-state index contributed by atoms with van der Waals surface area (Å²) in [5, 5.41) is 0. The van der Waals surface area contributed by atoms with Crippen molar-refractivity contribution in [2.45, 2.75) is 44.1 Å². The van der Waals surface area contributed by atoms with Crippen LogP contribution in [0.3, 0.4) is 0 Å². The van der Waals surface area contributed by atoms with E-state index in [-0.39, 0.29) is 0 Å². The molecule has 2 heteroatoms. The van der Waals surface area contributed by atoms with Crippen molar-refractivity contribution in [2.24, 2.45) is 0 Å². The zero-order chi connectivity index (χ0) is 9.31. The Balaban J connectivity index is 2.10. The molecule has 1 heterocycles. The molecule has 0 aromatic heterocycles. The molecule has 2 fully saturated rings. The van der Waals surface area contributed by atoms with Crippen molar-refractivity contribution in [1.82, 2.24) is 4.90 Å². The Hall–Kier alpha value is -0.790. The molecule has 0 aromatic carbocycles. The quantitative estimate of drug-likeness (QED) is 0.614. The van der Waals surface area contributed by atoms with E-state index in [9.17, 15) is 4.79 Å². The molecule has 0 N–H and O–H groups in total. The van der Waals surface area contributed by atoms with Gasteiger partial charge in [-0.3, -0.25) is 4.79 Å². The molecule has 0 unspecified atom stereocenters. The molecule has 1 saturated heterocycles. The van der Waals surface area contributed by atoms with Gasteiger partial charge in [-0.1, -0.05) is 6.58 Å². The van der Waals surface area contributed by atoms with E-state index in [0.29, 0.717) is 11.3 Å². The first-order valence-corrected chi connectivity index (χ1v) is 5.18. The van der Waals surface area contributed by atoms with Gasteiger partial charge in [0, 0.05) is 24.9 Å². The third-order valence-electron chi connectivity index (χ3n) is 3.61. The van der Waals surface area contributed by atoms with Crippen LogP contribution in [0.1, 0.15) is 38.5 Å². The van der Waals surface area contributed by atoms with E-state index in [1.54, 1.807) is 0 Å². The Bertz CT molecular complexity index is 224. The number of carbonyl (C=O) groups excluding carboxylic acids is 1. The molecule has 1 aliphatic carbocycles. The summed E-state index contributed by atoms with van der Waals surface area (Å²) in [5.41, 5.74) is 0.315. The third-order valence-corrected chi connectivity index (χ3v) is 3.61. The van der Waals surface area contributed by atoms with Gasteiger partial charge < -0.3 is 4.90 Å². The number of carbonyl (C=O) groups is 1. The van der Waals surface area contributed by atoms with Crippen LogP contribution >= 0.6 is 0 Å². The van der Waals surface area contributed by atoms with Crippen molar-refractivity contribution >= 4 is 5.78 Å². The van der Waals surface area contributed by atoms with Gasteiger partial charge >= 0.3 is 0 Å². The maximum atomic E-state index is 11.2. The molecule has 72 valence electrons. The number of ketones is 1. The Morgan fingerprint density at radius 3 is 2.62 bits per heavy atom. The number of likely N-dealkylation sites (tertiary alicyclic amines) is 1. The lowest BCUT2D eigenvalue weighted by atomic mass is 9.79. The lowest BCUT2D eigenvalue weighted by Crippen LogP contribution is -2.43. The van der Waals surface area contributed by atoms with Crippen LogP contribution in [0.5, 0.6) is 0 Å². The molecule has 1 spiro atoms. The fraction of sp³-hybridized carbons (Fsp3) is 0.727. The third kappa shape index (κ3) is 1.38. The summed E-state index contributed by atoms with van der Waals surface area (Å²) < 4.78 is 0. The van der Waals surface area contributed by atoms with Gasteiger partial charge in [-0.05, 0) is 31.9 Å². The van der Waals surface area contributed by atoms with Gasteiger partial charge in [0.15, 0.2) is 0 Å². The van der Waals surface area contributed by atoms with Gasteiger partial charge in [0.25, 0.3) is 0 Å². The maximum absolute atomic E-state index is 11.2. The molecular formula is C11H17NO. The molecule has 2 aliphatic rings. The van der Waals surface area contributed by atoms with Crippen molar-refractivity contribution < 1.29 is 4.79 Å². The van der Waals surface area contributed by atoms with E-state index < -0.39 is 0 Å². The average Bonchev–Trinajstić information content (AvgIpc) is 2.54. The predicted molar refractivity (Wildman–Crippen MR) is 52.3 cm³/mol. The van der Waals surface area contributed by atoms with Crippen molar-refractivity contribution in [3.05, 3.63) is 12.8 Å². The van der Waals surface area contributed by atoms with Crippen molar-refractivity contribution in [2.75, 3.05) is 6.54 Å². The largest absolute Gasteiger partial charge is 0.372 e. The Labute approximate surface area is 79.6 Å². The Kier molecular flexibility index (Phi) is 2.14. The van der Waals surface area contributed by atoms with Crippen LogP contribution in [0, 0.1) is 0 Å². The predicted octanol–water partition coefficient (Wildman–Crippen LogP) is 2.11. The molecular weight excluding hydrogens is 162 g/mol. The van der Waals surface area contributed by atoms with Crippen LogP contribution in [-0.4, -0.2) is 22.8 Å². The average molecular weight is 179 g/mol. The van der Waals surface area contributed by atoms with E-state index in [2.05, 4.69) is 11.5 Å². The molecule has 0 amide bonds. The van der Waals surface area contributed by atoms with E-state index in [4.69, 9.17) is 0 Å². The van der Waals surface area contributed by atoms with Crippen LogP contribution in [0.4, 0.5) is 0 Å². The molecule has 13 heavy (non-hydrogen) atoms. The monoisotopic (exact) mass is 179 g/mol. The van der Waals surface area contributed by atoms with Gasteiger partial charge in [0.2, 0.25) is 0 Å². The highest BCUT2D eigenvalue weighted by Crippen LogP contribution is 2.40. The zero-order valence-corrected chi connectivity index (χ0v) is 8.09. The summed E-state index contributed by atoms with van der Waals surface area (Å²) in [5.74, 6) is 0.446. The fourth-order valence-corrected chi connectivity index (χ4v) is 2.78. The topological polar surface area (TPSA) is 20.3 Å². The van der Waals surface area contributed by atoms with Crippen LogP contribution in [0.2, 0.25) is 0 Å². The highest BCUT2D eigenvalue weighted by atomic mass is 16.1. The lowest BCUT2D eigenvalue weighted by molar-refractivity contribution is -0.122. The highest BCUT2D eigenvalue weighted by molar-refractivity contribution is 5.79. The maximum Gasteiger partial charge on any atom is 0.133 e. The summed E-state index contributed by atoms with van der Waals surface area (Å²) in [6, 6.07) is 0. The van der Waals surface area contributed by atoms with E-state index >= 15 is 0 Å². The molecule has 1 aliphatic heterocycles. The number of hydrogen-bond acceptors (Lipinski definition) is 2. The van der Waals surface area contributed by atoms with Crippen molar-refractivity contribution in [3.63, 3.8) is 0 Å². The summed E-state index contributed by atoms with van der Waals surface area (Å²) in [7, 11) is 0. The van der Waals surface area contributed by atoms with Crippen LogP contribution in [-0.2, 0) is 4.79 Å². The molecule has 0 radical (unpaired) electrons. The highest BCUT2D eigenvalue weighted by Gasteiger charge is 2.41. The standard InChI is InChI=1S/C11H17NO/c1-2-12-9-3-6-11(12)7-4-10(13)5-8-11/h2H,1,3-9H2. The van der Waals surface area contributed by atoms with Crippen molar-refractivity contribution in [3.8, 4) is 0 Å². The minimum atomic E-state index is 0.315. The molecule has 1 saturated carbocycles. The first-order valence-electron chi connectivity index (χ1n) is 5.18. The van der Waals surface area contributed by atoms with Crippen LogP contribution < -0.4 is 0 Å². The first kappa shape index (κ1) is 8.79. The number of Topliss-reactive ketones (excluding diaryl/α,β-unsaturated/α-hetero) is 1. The van der Waals surface area contributed by atoms with E-state index in [1.165, 1.54) is 12.8 Å². The first-order chi connectivity index (χ1) is 6.27. The summed E-state index contributed by atoms with van der Waals surface area (Å²) >= 11 is 0. The van der Waals surface area contributed by atoms with Crippen LogP contribution in [0.15, 0.2) is 12.8 Å². The second kappa shape index (κ2) is 3.17. The Morgan fingerprint density at radius 1 is 1.31 bits per heavy atom. The van der Waals surface area contributed by atoms with Crippen molar-refractivity contribution in [1.29, 1.82) is 0 Å². The van der Waals surface area contributed by atoms with E-state index in [1.807, 2.05) is 6.20 Å². The lowest BCUT2D eigenvalue weighted by Gasteiger charge is -2.40. The Morgan fingerprint density at radius 2 is 2.00 bits per heavy atom. The zero-order valence-electron chi connectivity index (χ0n) is 8.09. The van der Waals surface area contributed by atoms with E-state index in [0.717, 1.165) is 32.2 Å². The molecule has 0 bridgehead atoms. The molecule has 0 aromatic rings. The SMILES string of the molecule is C=CN1CCCC12CCC(=O)CC2. The molecule has 2 rings (SSSR count). The van der Waals surface area contributed by atoms with Crippen LogP contribution in [0.25, 0.3) is 0 Å². The molecule has 0 atom stereocenters. The number of rotatable bonds is 1. The minimum absolute atomic E-state index is 0.315. The minimum Gasteiger partial charge on any atom is -0.372 e.